The van der Waals surface area contributed by atoms with Crippen LogP contribution in [0, 0.1) is 13.8 Å². The first kappa shape index (κ1) is 13.3. The fourth-order valence-electron chi connectivity index (χ4n) is 1.94. The van der Waals surface area contributed by atoms with Crippen LogP contribution >= 0.6 is 0 Å². The summed E-state index contributed by atoms with van der Waals surface area (Å²) >= 11 is 0. The molecule has 0 aliphatic carbocycles. The lowest BCUT2D eigenvalue weighted by Gasteiger charge is -2.14. The van der Waals surface area contributed by atoms with Gasteiger partial charge in [-0.3, -0.25) is 14.2 Å². The number of hydrogen-bond acceptors (Lipinski definition) is 4. The number of nitrogens with zero attached hydrogens (tertiary/aromatic N) is 5. The van der Waals surface area contributed by atoms with Crippen LogP contribution in [-0.4, -0.2) is 37.2 Å². The van der Waals surface area contributed by atoms with Gasteiger partial charge in [0.2, 0.25) is 5.91 Å². The fourth-order valence-corrected chi connectivity index (χ4v) is 1.94. The number of hydrogen-bond donors (Lipinski definition) is 1. The molecule has 7 nitrogen and oxygen atoms in total. The van der Waals surface area contributed by atoms with Gasteiger partial charge in [0.25, 0.3) is 0 Å². The van der Waals surface area contributed by atoms with Gasteiger partial charge >= 0.3 is 0 Å². The standard InChI is InChI=1S/C12H18N6O/c1-9-8-10(2)18(15-9)11(3)12(19)13-4-6-17-7-5-14-16-17/h5,7-8,11H,4,6H2,1-3H3,(H,13,19). The molecule has 1 unspecified atom stereocenters. The molecule has 0 bridgehead atoms. The minimum atomic E-state index is -0.315. The molecule has 0 spiro atoms. The summed E-state index contributed by atoms with van der Waals surface area (Å²) in [6.07, 6.45) is 3.37. The third-order valence-corrected chi connectivity index (χ3v) is 2.90. The molecule has 0 saturated carbocycles. The van der Waals surface area contributed by atoms with E-state index in [9.17, 15) is 4.79 Å². The zero-order valence-corrected chi connectivity index (χ0v) is 11.4. The maximum atomic E-state index is 12.0. The zero-order valence-electron chi connectivity index (χ0n) is 11.4. The van der Waals surface area contributed by atoms with Gasteiger partial charge in [0.05, 0.1) is 18.4 Å². The van der Waals surface area contributed by atoms with Gasteiger partial charge in [-0.25, -0.2) is 0 Å². The Hall–Kier alpha value is -2.18. The number of nitrogens with one attached hydrogen (secondary N) is 1. The van der Waals surface area contributed by atoms with Crippen LogP contribution in [0.3, 0.4) is 0 Å². The lowest BCUT2D eigenvalue weighted by Crippen LogP contribution is -2.34. The lowest BCUT2D eigenvalue weighted by molar-refractivity contribution is -0.124. The van der Waals surface area contributed by atoms with Crippen LogP contribution in [0.25, 0.3) is 0 Å². The summed E-state index contributed by atoms with van der Waals surface area (Å²) in [6, 6.07) is 1.64. The van der Waals surface area contributed by atoms with Crippen molar-refractivity contribution in [1.82, 2.24) is 30.1 Å². The van der Waals surface area contributed by atoms with E-state index in [4.69, 9.17) is 0 Å². The molecule has 0 radical (unpaired) electrons. The average molecular weight is 262 g/mol. The van der Waals surface area contributed by atoms with Gasteiger partial charge in [-0.1, -0.05) is 5.21 Å². The van der Waals surface area contributed by atoms with E-state index in [1.54, 1.807) is 21.8 Å². The fraction of sp³-hybridized carbons (Fsp3) is 0.500. The molecule has 102 valence electrons. The van der Waals surface area contributed by atoms with Gasteiger partial charge in [0.1, 0.15) is 6.04 Å². The molecular formula is C12H18N6O. The molecule has 2 aromatic rings. The van der Waals surface area contributed by atoms with Crippen LogP contribution < -0.4 is 5.32 Å². The summed E-state index contributed by atoms with van der Waals surface area (Å²) in [5.41, 5.74) is 1.90. The Morgan fingerprint density at radius 2 is 2.26 bits per heavy atom. The van der Waals surface area contributed by atoms with E-state index in [2.05, 4.69) is 20.7 Å². The molecule has 0 aliphatic rings. The molecule has 0 saturated heterocycles. The van der Waals surface area contributed by atoms with E-state index in [1.807, 2.05) is 26.8 Å². The number of carbonyl (C=O) groups is 1. The number of aryl methyl sites for hydroxylation is 2. The first-order valence-corrected chi connectivity index (χ1v) is 6.22. The summed E-state index contributed by atoms with van der Waals surface area (Å²) in [4.78, 5) is 12.0. The Labute approximate surface area is 111 Å². The maximum absolute atomic E-state index is 12.0. The predicted molar refractivity (Wildman–Crippen MR) is 69.4 cm³/mol. The van der Waals surface area contributed by atoms with Gasteiger partial charge in [-0.2, -0.15) is 5.10 Å². The highest BCUT2D eigenvalue weighted by Gasteiger charge is 2.17. The monoisotopic (exact) mass is 262 g/mol. The summed E-state index contributed by atoms with van der Waals surface area (Å²) in [5.74, 6) is -0.0497. The van der Waals surface area contributed by atoms with Crippen molar-refractivity contribution in [3.05, 3.63) is 29.8 Å². The topological polar surface area (TPSA) is 77.6 Å². The SMILES string of the molecule is Cc1cc(C)n(C(C)C(=O)NCCn2ccnn2)n1. The van der Waals surface area contributed by atoms with Crippen molar-refractivity contribution >= 4 is 5.91 Å². The molecule has 1 N–H and O–H groups in total. The Morgan fingerprint density at radius 3 is 2.84 bits per heavy atom. The van der Waals surface area contributed by atoms with Crippen molar-refractivity contribution in [1.29, 1.82) is 0 Å². The van der Waals surface area contributed by atoms with Gasteiger partial charge in [-0.05, 0) is 26.8 Å². The summed E-state index contributed by atoms with van der Waals surface area (Å²) in [5, 5.41) is 14.7. The smallest absolute Gasteiger partial charge is 0.244 e. The number of aromatic nitrogens is 5. The highest BCUT2D eigenvalue weighted by atomic mass is 16.2. The summed E-state index contributed by atoms with van der Waals surface area (Å²) in [6.45, 7) is 6.82. The van der Waals surface area contributed by atoms with Crippen LogP contribution in [0.5, 0.6) is 0 Å². The molecule has 2 heterocycles. The molecule has 0 aliphatic heterocycles. The molecule has 1 atom stereocenters. The third kappa shape index (κ3) is 3.18. The normalized spacial score (nSPS) is 12.4. The van der Waals surface area contributed by atoms with E-state index < -0.39 is 0 Å². The van der Waals surface area contributed by atoms with E-state index in [0.29, 0.717) is 13.1 Å². The number of carbonyl (C=O) groups excluding carboxylic acids is 1. The predicted octanol–water partition coefficient (Wildman–Crippen LogP) is 0.469. The second kappa shape index (κ2) is 5.64. The lowest BCUT2D eigenvalue weighted by atomic mass is 10.3. The molecule has 0 fully saturated rings. The molecule has 0 aromatic carbocycles. The highest BCUT2D eigenvalue weighted by Crippen LogP contribution is 2.10. The first-order chi connectivity index (χ1) is 9.08. The van der Waals surface area contributed by atoms with Gasteiger partial charge < -0.3 is 5.32 Å². The minimum Gasteiger partial charge on any atom is -0.352 e. The van der Waals surface area contributed by atoms with Gasteiger partial charge in [0, 0.05) is 18.4 Å². The van der Waals surface area contributed by atoms with E-state index in [1.165, 1.54) is 0 Å². The molecule has 7 heteroatoms. The first-order valence-electron chi connectivity index (χ1n) is 6.22. The quantitative estimate of drug-likeness (QED) is 0.849. The highest BCUT2D eigenvalue weighted by molar-refractivity contribution is 5.79. The number of amides is 1. The van der Waals surface area contributed by atoms with Crippen LogP contribution in [0.2, 0.25) is 0 Å². The van der Waals surface area contributed by atoms with Crippen LogP contribution in [0.1, 0.15) is 24.4 Å². The van der Waals surface area contributed by atoms with Crippen molar-refractivity contribution in [2.24, 2.45) is 0 Å². The Balaban J connectivity index is 1.87. The van der Waals surface area contributed by atoms with Crippen molar-refractivity contribution < 1.29 is 4.79 Å². The van der Waals surface area contributed by atoms with Crippen molar-refractivity contribution in [3.63, 3.8) is 0 Å². The van der Waals surface area contributed by atoms with E-state index >= 15 is 0 Å². The van der Waals surface area contributed by atoms with Gasteiger partial charge in [-0.15, -0.1) is 5.10 Å². The number of rotatable bonds is 5. The van der Waals surface area contributed by atoms with Gasteiger partial charge in [0.15, 0.2) is 0 Å². The van der Waals surface area contributed by atoms with Crippen LogP contribution in [0.4, 0.5) is 0 Å². The van der Waals surface area contributed by atoms with E-state index in [-0.39, 0.29) is 11.9 Å². The average Bonchev–Trinajstić information content (AvgIpc) is 2.98. The minimum absolute atomic E-state index is 0.0497. The molecular weight excluding hydrogens is 244 g/mol. The Kier molecular flexibility index (Phi) is 3.94. The van der Waals surface area contributed by atoms with Crippen molar-refractivity contribution in [3.8, 4) is 0 Å². The van der Waals surface area contributed by atoms with Crippen LogP contribution in [-0.2, 0) is 11.3 Å². The van der Waals surface area contributed by atoms with E-state index in [0.717, 1.165) is 11.4 Å². The molecule has 1 amide bonds. The second-order valence-electron chi connectivity index (χ2n) is 4.50. The largest absolute Gasteiger partial charge is 0.352 e. The molecule has 2 rings (SSSR count). The second-order valence-corrected chi connectivity index (χ2v) is 4.50. The Morgan fingerprint density at radius 1 is 1.47 bits per heavy atom. The van der Waals surface area contributed by atoms with Crippen LogP contribution in [0.15, 0.2) is 18.5 Å². The summed E-state index contributed by atoms with van der Waals surface area (Å²) < 4.78 is 3.41. The molecule has 19 heavy (non-hydrogen) atoms. The zero-order chi connectivity index (χ0) is 13.8. The summed E-state index contributed by atoms with van der Waals surface area (Å²) in [7, 11) is 0. The third-order valence-electron chi connectivity index (χ3n) is 2.90. The van der Waals surface area contributed by atoms with Crippen molar-refractivity contribution in [2.45, 2.75) is 33.4 Å². The maximum Gasteiger partial charge on any atom is 0.244 e. The van der Waals surface area contributed by atoms with Crippen molar-refractivity contribution in [2.75, 3.05) is 6.54 Å². The Bertz CT molecular complexity index is 545. The molecule has 2 aromatic heterocycles.